The molecule has 4 heteroatoms. The smallest absolute Gasteiger partial charge is 0.220 e. The number of nitrogens with zero attached hydrogens (tertiary/aromatic N) is 1. The maximum absolute atomic E-state index is 12.1. The van der Waals surface area contributed by atoms with Gasteiger partial charge in [-0.1, -0.05) is 19.3 Å². The summed E-state index contributed by atoms with van der Waals surface area (Å²) in [6.07, 6.45) is 9.24. The number of nitrogens with two attached hydrogens (primary N) is 1. The molecular weight excluding hydrogens is 250 g/mol. The Morgan fingerprint density at radius 2 is 1.90 bits per heavy atom. The first kappa shape index (κ1) is 15.8. The van der Waals surface area contributed by atoms with Crippen LogP contribution in [0.3, 0.4) is 0 Å². The number of hydrogen-bond donors (Lipinski definition) is 2. The Morgan fingerprint density at radius 1 is 1.20 bits per heavy atom. The highest BCUT2D eigenvalue weighted by atomic mass is 16.1. The van der Waals surface area contributed by atoms with E-state index >= 15 is 0 Å². The highest BCUT2D eigenvalue weighted by Crippen LogP contribution is 2.25. The molecule has 0 aromatic carbocycles. The number of amides is 1. The highest BCUT2D eigenvalue weighted by Gasteiger charge is 2.24. The third-order valence-electron chi connectivity index (χ3n) is 5.02. The molecule has 0 bridgehead atoms. The normalized spacial score (nSPS) is 29.9. The lowest BCUT2D eigenvalue weighted by atomic mass is 9.83. The van der Waals surface area contributed by atoms with Gasteiger partial charge < -0.3 is 11.1 Å². The van der Waals surface area contributed by atoms with E-state index in [1.54, 1.807) is 0 Å². The Bertz CT molecular complexity index is 302. The van der Waals surface area contributed by atoms with Gasteiger partial charge in [0.1, 0.15) is 0 Å². The third-order valence-corrected chi connectivity index (χ3v) is 5.02. The largest absolute Gasteiger partial charge is 0.355 e. The summed E-state index contributed by atoms with van der Waals surface area (Å²) in [6, 6.07) is 0.688. The minimum atomic E-state index is 0.191. The predicted octanol–water partition coefficient (Wildman–Crippen LogP) is 1.88. The lowest BCUT2D eigenvalue weighted by Crippen LogP contribution is -2.45. The molecule has 20 heavy (non-hydrogen) atoms. The molecule has 116 valence electrons. The molecule has 1 saturated heterocycles. The van der Waals surface area contributed by atoms with Gasteiger partial charge in [-0.2, -0.15) is 0 Å². The van der Waals surface area contributed by atoms with Crippen LogP contribution in [0.2, 0.25) is 0 Å². The second-order valence-electron chi connectivity index (χ2n) is 6.66. The van der Waals surface area contributed by atoms with E-state index in [0.717, 1.165) is 19.4 Å². The van der Waals surface area contributed by atoms with Crippen LogP contribution in [0.15, 0.2) is 0 Å². The van der Waals surface area contributed by atoms with Crippen molar-refractivity contribution in [1.29, 1.82) is 0 Å². The second-order valence-corrected chi connectivity index (χ2v) is 6.66. The summed E-state index contributed by atoms with van der Waals surface area (Å²) >= 11 is 0. The van der Waals surface area contributed by atoms with Crippen molar-refractivity contribution in [2.24, 2.45) is 11.7 Å². The number of rotatable bonds is 5. The molecule has 2 aliphatic rings. The fourth-order valence-corrected chi connectivity index (χ4v) is 3.55. The summed E-state index contributed by atoms with van der Waals surface area (Å²) in [5, 5.41) is 3.11. The Hall–Kier alpha value is -0.610. The first-order chi connectivity index (χ1) is 9.66. The SMILES string of the molecule is CC(CNC(=O)CC1CCCCC1N)N1CCCCC1. The van der Waals surface area contributed by atoms with Crippen LogP contribution in [0.5, 0.6) is 0 Å². The van der Waals surface area contributed by atoms with Gasteiger partial charge in [-0.15, -0.1) is 0 Å². The Kier molecular flexibility index (Phi) is 6.30. The third kappa shape index (κ3) is 4.74. The molecular formula is C16H31N3O. The van der Waals surface area contributed by atoms with Crippen LogP contribution in [0.1, 0.15) is 58.3 Å². The number of nitrogens with one attached hydrogen (secondary N) is 1. The molecule has 1 aliphatic heterocycles. The number of likely N-dealkylation sites (tertiary alicyclic amines) is 1. The van der Waals surface area contributed by atoms with E-state index in [1.165, 1.54) is 45.2 Å². The molecule has 0 aromatic rings. The van der Waals surface area contributed by atoms with Gasteiger partial charge >= 0.3 is 0 Å². The Labute approximate surface area is 123 Å². The molecule has 3 atom stereocenters. The van der Waals surface area contributed by atoms with Crippen LogP contribution in [0, 0.1) is 5.92 Å². The minimum Gasteiger partial charge on any atom is -0.355 e. The zero-order valence-electron chi connectivity index (χ0n) is 12.9. The second kappa shape index (κ2) is 7.99. The number of hydrogen-bond acceptors (Lipinski definition) is 3. The van der Waals surface area contributed by atoms with Gasteiger partial charge in [0.2, 0.25) is 5.91 Å². The van der Waals surface area contributed by atoms with Crippen LogP contribution >= 0.6 is 0 Å². The van der Waals surface area contributed by atoms with Crippen molar-refractivity contribution in [3.05, 3.63) is 0 Å². The average Bonchev–Trinajstić information content (AvgIpc) is 2.48. The molecule has 1 amide bonds. The van der Waals surface area contributed by atoms with Crippen molar-refractivity contribution in [3.8, 4) is 0 Å². The van der Waals surface area contributed by atoms with Gasteiger partial charge in [0, 0.05) is 25.0 Å². The average molecular weight is 281 g/mol. The summed E-state index contributed by atoms with van der Waals surface area (Å²) in [5.41, 5.74) is 6.11. The molecule has 4 nitrogen and oxygen atoms in total. The van der Waals surface area contributed by atoms with Crippen molar-refractivity contribution >= 4 is 5.91 Å². The van der Waals surface area contributed by atoms with Gasteiger partial charge in [-0.25, -0.2) is 0 Å². The molecule has 0 aromatic heterocycles. The fourth-order valence-electron chi connectivity index (χ4n) is 3.55. The lowest BCUT2D eigenvalue weighted by molar-refractivity contribution is -0.122. The van der Waals surface area contributed by atoms with Gasteiger partial charge in [-0.3, -0.25) is 9.69 Å². The number of carbonyl (C=O) groups excluding carboxylic acids is 1. The first-order valence-electron chi connectivity index (χ1n) is 8.43. The fraction of sp³-hybridized carbons (Fsp3) is 0.938. The van der Waals surface area contributed by atoms with Crippen molar-refractivity contribution in [2.45, 2.75) is 70.4 Å². The topological polar surface area (TPSA) is 58.4 Å². The molecule has 2 rings (SSSR count). The molecule has 1 saturated carbocycles. The minimum absolute atomic E-state index is 0.191. The highest BCUT2D eigenvalue weighted by molar-refractivity contribution is 5.76. The van der Waals surface area contributed by atoms with Crippen LogP contribution in [0.25, 0.3) is 0 Å². The molecule has 3 unspecified atom stereocenters. The molecule has 3 N–H and O–H groups in total. The van der Waals surface area contributed by atoms with E-state index in [0.29, 0.717) is 18.4 Å². The summed E-state index contributed by atoms with van der Waals surface area (Å²) in [4.78, 5) is 14.6. The number of piperidine rings is 1. The van der Waals surface area contributed by atoms with Gasteiger partial charge in [0.25, 0.3) is 0 Å². The van der Waals surface area contributed by atoms with Crippen molar-refractivity contribution in [2.75, 3.05) is 19.6 Å². The molecule has 0 spiro atoms. The summed E-state index contributed by atoms with van der Waals surface area (Å²) in [6.45, 7) is 5.37. The van der Waals surface area contributed by atoms with Crippen LogP contribution in [0.4, 0.5) is 0 Å². The van der Waals surface area contributed by atoms with Crippen molar-refractivity contribution < 1.29 is 4.79 Å². The number of carbonyl (C=O) groups is 1. The van der Waals surface area contributed by atoms with Crippen LogP contribution < -0.4 is 11.1 Å². The maximum atomic E-state index is 12.1. The van der Waals surface area contributed by atoms with E-state index in [9.17, 15) is 4.79 Å². The van der Waals surface area contributed by atoms with E-state index in [4.69, 9.17) is 5.73 Å². The summed E-state index contributed by atoms with van der Waals surface area (Å²) in [5.74, 6) is 0.588. The van der Waals surface area contributed by atoms with Gasteiger partial charge in [0.15, 0.2) is 0 Å². The quantitative estimate of drug-likeness (QED) is 0.809. The van der Waals surface area contributed by atoms with Crippen LogP contribution in [-0.4, -0.2) is 42.5 Å². The van der Waals surface area contributed by atoms with E-state index in [-0.39, 0.29) is 11.9 Å². The van der Waals surface area contributed by atoms with E-state index in [1.807, 2.05) is 0 Å². The van der Waals surface area contributed by atoms with Gasteiger partial charge in [-0.05, 0) is 51.6 Å². The maximum Gasteiger partial charge on any atom is 0.220 e. The van der Waals surface area contributed by atoms with E-state index in [2.05, 4.69) is 17.1 Å². The molecule has 0 radical (unpaired) electrons. The van der Waals surface area contributed by atoms with E-state index < -0.39 is 0 Å². The first-order valence-corrected chi connectivity index (χ1v) is 8.43. The zero-order valence-corrected chi connectivity index (χ0v) is 12.9. The zero-order chi connectivity index (χ0) is 14.4. The monoisotopic (exact) mass is 281 g/mol. The van der Waals surface area contributed by atoms with Gasteiger partial charge in [0.05, 0.1) is 0 Å². The summed E-state index contributed by atoms with van der Waals surface area (Å²) < 4.78 is 0. The predicted molar refractivity (Wildman–Crippen MR) is 82.4 cm³/mol. The molecule has 1 aliphatic carbocycles. The Morgan fingerprint density at radius 3 is 2.60 bits per heavy atom. The summed E-state index contributed by atoms with van der Waals surface area (Å²) in [7, 11) is 0. The molecule has 1 heterocycles. The lowest BCUT2D eigenvalue weighted by Gasteiger charge is -2.32. The Balaban J connectivity index is 1.66. The van der Waals surface area contributed by atoms with Crippen LogP contribution in [-0.2, 0) is 4.79 Å². The molecule has 2 fully saturated rings. The van der Waals surface area contributed by atoms with Crippen molar-refractivity contribution in [1.82, 2.24) is 10.2 Å². The standard InChI is InChI=1S/C16H31N3O/c1-13(19-9-5-2-6-10-19)12-18-16(20)11-14-7-3-4-8-15(14)17/h13-15H,2-12,17H2,1H3,(H,18,20). The van der Waals surface area contributed by atoms with Crippen molar-refractivity contribution in [3.63, 3.8) is 0 Å².